The van der Waals surface area contributed by atoms with Gasteiger partial charge in [-0.2, -0.15) is 0 Å². The summed E-state index contributed by atoms with van der Waals surface area (Å²) >= 11 is 0. The molecule has 0 spiro atoms. The maximum atomic E-state index is 15.1. The summed E-state index contributed by atoms with van der Waals surface area (Å²) in [6.07, 6.45) is 3.69. The van der Waals surface area contributed by atoms with Crippen LogP contribution in [0.15, 0.2) is 121 Å². The van der Waals surface area contributed by atoms with E-state index in [1.807, 2.05) is 149 Å². The molecule has 0 aliphatic carbocycles. The molecular formula is C85H124N8O16. The van der Waals surface area contributed by atoms with Crippen molar-refractivity contribution in [2.75, 3.05) is 52.4 Å². The maximum Gasteiger partial charge on any atom is 0.306 e. The van der Waals surface area contributed by atoms with Crippen LogP contribution in [0.4, 0.5) is 0 Å². The summed E-state index contributed by atoms with van der Waals surface area (Å²) < 4.78 is 22.0. The van der Waals surface area contributed by atoms with Crippen molar-refractivity contribution < 1.29 is 76.5 Å². The Morgan fingerprint density at radius 3 is 0.716 bits per heavy atom. The van der Waals surface area contributed by atoms with Gasteiger partial charge < -0.3 is 59.8 Å². The fraction of sp³-hybridized carbons (Fsp3) is 0.576. The van der Waals surface area contributed by atoms with E-state index in [2.05, 4.69) is 21.3 Å². The van der Waals surface area contributed by atoms with Crippen molar-refractivity contribution in [2.24, 2.45) is 23.7 Å². The van der Waals surface area contributed by atoms with Gasteiger partial charge in [-0.25, -0.2) is 0 Å². The van der Waals surface area contributed by atoms with Crippen molar-refractivity contribution in [1.29, 1.82) is 0 Å². The van der Waals surface area contributed by atoms with Crippen LogP contribution in [0, 0.1) is 23.7 Å². The van der Waals surface area contributed by atoms with E-state index in [0.29, 0.717) is 13.0 Å². The van der Waals surface area contributed by atoms with Crippen molar-refractivity contribution in [3.05, 3.63) is 144 Å². The Hall–Kier alpha value is -9.48. The minimum Gasteiger partial charge on any atom is -0.461 e. The minimum atomic E-state index is -1.13. The Labute approximate surface area is 646 Å². The molecule has 4 N–H and O–H groups in total. The molecule has 0 saturated heterocycles. The molecule has 24 heteroatoms. The normalized spacial score (nSPS) is 12.2. The SMILES string of the molecule is CCCCNC(=O)C(C(C)C)N(CCCC(=O)N(CCCC(=O)N(CCCC(=O)OCc1ccccc1)C(C(=O)NCCCC(=O)OCc1ccccc1)C(C)C)C(C(=O)NCCCC(=O)N(CCCC(=O)OCc1ccccc1)C(C(=O)NCCCC(=O)OCc1ccccc1)C(C)C)C(C)C)C(=O)CCCC. The van der Waals surface area contributed by atoms with E-state index in [4.69, 9.17) is 18.9 Å². The van der Waals surface area contributed by atoms with Gasteiger partial charge in [-0.05, 0) is 104 Å². The van der Waals surface area contributed by atoms with E-state index in [1.54, 1.807) is 46.4 Å². The number of hydrogen-bond donors (Lipinski definition) is 4. The molecule has 0 aromatic heterocycles. The van der Waals surface area contributed by atoms with Crippen molar-refractivity contribution in [3.8, 4) is 0 Å². The number of carbonyl (C=O) groups is 12. The van der Waals surface area contributed by atoms with Gasteiger partial charge in [0, 0.05) is 104 Å². The van der Waals surface area contributed by atoms with Gasteiger partial charge in [-0.1, -0.05) is 203 Å². The lowest BCUT2D eigenvalue weighted by Gasteiger charge is -2.36. The smallest absolute Gasteiger partial charge is 0.306 e. The third-order valence-corrected chi connectivity index (χ3v) is 18.5. The topological polar surface area (TPSA) is 303 Å². The second kappa shape index (κ2) is 52.6. The summed E-state index contributed by atoms with van der Waals surface area (Å²) in [6.45, 7) is 19.4. The number of nitrogens with zero attached hydrogens (tertiary/aromatic N) is 4. The summed E-state index contributed by atoms with van der Waals surface area (Å²) in [7, 11) is 0. The Morgan fingerprint density at radius 1 is 0.275 bits per heavy atom. The molecule has 4 rings (SSSR count). The number of unbranched alkanes of at least 4 members (excludes halogenated alkanes) is 2. The molecule has 4 aromatic carbocycles. The number of ether oxygens (including phenoxy) is 4. The molecule has 0 saturated carbocycles. The summed E-state index contributed by atoms with van der Waals surface area (Å²) in [5.41, 5.74) is 3.27. The molecule has 0 radical (unpaired) electrons. The predicted molar refractivity (Wildman–Crippen MR) is 417 cm³/mol. The van der Waals surface area contributed by atoms with Crippen LogP contribution in [-0.4, -0.2) is 167 Å². The van der Waals surface area contributed by atoms with Crippen LogP contribution in [-0.2, 0) is 103 Å². The number of nitrogens with one attached hydrogen (secondary N) is 4. The van der Waals surface area contributed by atoms with E-state index in [-0.39, 0.29) is 186 Å². The molecule has 109 heavy (non-hydrogen) atoms. The Bertz CT molecular complexity index is 3400. The first-order valence-corrected chi connectivity index (χ1v) is 39.4. The van der Waals surface area contributed by atoms with E-state index in [0.717, 1.165) is 41.5 Å². The fourth-order valence-corrected chi connectivity index (χ4v) is 12.8. The highest BCUT2D eigenvalue weighted by atomic mass is 16.5. The van der Waals surface area contributed by atoms with Crippen LogP contribution < -0.4 is 21.3 Å². The van der Waals surface area contributed by atoms with E-state index < -0.39 is 101 Å². The van der Waals surface area contributed by atoms with Gasteiger partial charge in [0.15, 0.2) is 0 Å². The summed E-state index contributed by atoms with van der Waals surface area (Å²) in [5.74, 6) is -6.80. The van der Waals surface area contributed by atoms with Crippen molar-refractivity contribution in [1.82, 2.24) is 40.9 Å². The van der Waals surface area contributed by atoms with Gasteiger partial charge in [-0.3, -0.25) is 57.5 Å². The number of rotatable bonds is 54. The van der Waals surface area contributed by atoms with E-state index in [1.165, 1.54) is 14.7 Å². The highest BCUT2D eigenvalue weighted by Crippen LogP contribution is 2.23. The lowest BCUT2D eigenvalue weighted by Crippen LogP contribution is -2.54. The molecule has 0 heterocycles. The number of carbonyl (C=O) groups excluding carboxylic acids is 12. The van der Waals surface area contributed by atoms with Crippen molar-refractivity contribution in [2.45, 2.75) is 242 Å². The zero-order valence-electron chi connectivity index (χ0n) is 66.4. The molecule has 4 unspecified atom stereocenters. The predicted octanol–water partition coefficient (Wildman–Crippen LogP) is 11.3. The minimum absolute atomic E-state index is 0.0140. The maximum absolute atomic E-state index is 15.1. The van der Waals surface area contributed by atoms with Crippen LogP contribution in [0.3, 0.4) is 0 Å². The van der Waals surface area contributed by atoms with Crippen molar-refractivity contribution >= 4 is 71.1 Å². The second-order valence-electron chi connectivity index (χ2n) is 29.0. The molecular weight excluding hydrogens is 1390 g/mol. The highest BCUT2D eigenvalue weighted by Gasteiger charge is 2.38. The molecule has 4 aromatic rings. The Kier molecular flexibility index (Phi) is 44.3. The zero-order valence-corrected chi connectivity index (χ0v) is 66.4. The molecule has 0 bridgehead atoms. The average Bonchev–Trinajstić information content (AvgIpc) is 0.854. The van der Waals surface area contributed by atoms with Gasteiger partial charge in [-0.15, -0.1) is 0 Å². The Morgan fingerprint density at radius 2 is 0.477 bits per heavy atom. The summed E-state index contributed by atoms with van der Waals surface area (Å²) in [5, 5.41) is 11.8. The number of hydrogen-bond acceptors (Lipinski definition) is 16. The molecule has 0 fully saturated rings. The van der Waals surface area contributed by atoms with Gasteiger partial charge in [0.1, 0.15) is 50.6 Å². The van der Waals surface area contributed by atoms with Crippen LogP contribution in [0.2, 0.25) is 0 Å². The molecule has 8 amide bonds. The molecule has 0 aliphatic heterocycles. The summed E-state index contributed by atoms with van der Waals surface area (Å²) in [4.78, 5) is 174. The number of esters is 4. The number of benzene rings is 4. The van der Waals surface area contributed by atoms with Crippen LogP contribution in [0.25, 0.3) is 0 Å². The lowest BCUT2D eigenvalue weighted by atomic mass is 9.98. The van der Waals surface area contributed by atoms with Crippen molar-refractivity contribution in [3.63, 3.8) is 0 Å². The molecule has 0 aliphatic rings. The molecule has 600 valence electrons. The van der Waals surface area contributed by atoms with Crippen LogP contribution in [0.1, 0.15) is 213 Å². The van der Waals surface area contributed by atoms with Gasteiger partial charge >= 0.3 is 23.9 Å². The van der Waals surface area contributed by atoms with E-state index >= 15 is 4.79 Å². The second-order valence-corrected chi connectivity index (χ2v) is 29.0. The largest absolute Gasteiger partial charge is 0.461 e. The average molecular weight is 1510 g/mol. The number of amides is 8. The summed E-state index contributed by atoms with van der Waals surface area (Å²) in [6, 6.07) is 32.9. The zero-order chi connectivity index (χ0) is 79.9. The lowest BCUT2D eigenvalue weighted by molar-refractivity contribution is -0.147. The highest BCUT2D eigenvalue weighted by molar-refractivity contribution is 5.91. The van der Waals surface area contributed by atoms with Crippen LogP contribution >= 0.6 is 0 Å². The Balaban J connectivity index is 1.60. The quantitative estimate of drug-likeness (QED) is 0.0181. The first kappa shape index (κ1) is 91.9. The van der Waals surface area contributed by atoms with Gasteiger partial charge in [0.05, 0.1) is 0 Å². The molecule has 4 atom stereocenters. The van der Waals surface area contributed by atoms with Gasteiger partial charge in [0.25, 0.3) is 0 Å². The van der Waals surface area contributed by atoms with Crippen LogP contribution in [0.5, 0.6) is 0 Å². The van der Waals surface area contributed by atoms with Gasteiger partial charge in [0.2, 0.25) is 47.3 Å². The monoisotopic (exact) mass is 1510 g/mol. The first-order valence-electron chi connectivity index (χ1n) is 39.4. The fourth-order valence-electron chi connectivity index (χ4n) is 12.8. The third kappa shape index (κ3) is 35.6. The molecule has 24 nitrogen and oxygen atoms in total. The first-order chi connectivity index (χ1) is 52.4. The standard InChI is InChI=1S/C85H124N8O16/c1-11-13-42-70(94)90(78(62(3)4)82(102)86-50-14-12-2)54-30-44-72(96)91(55-31-45-73(97)93(57-33-49-77(101)109-61-69-40-25-18-26-41-69)81(65(9)10)85(105)89-53-29-47-75(99)107-59-67-36-21-16-22-37-67)79(63(5)6)83(103)87-51-27-43-71(95)92(56-32-48-76(100)108-60-68-38-23-17-24-39-68)80(64(7)8)84(104)88-52-28-46-74(98)106-58-66-34-19-15-20-35-66/h15-26,34-41,62-65,78-81H,11-14,27-33,42-61H2,1-10H3,(H,86,102)(H,87,103)(H,88,104)(H,89,105). The third-order valence-electron chi connectivity index (χ3n) is 18.5. The van der Waals surface area contributed by atoms with E-state index in [9.17, 15) is 52.7 Å².